The number of pyridine rings is 1. The van der Waals surface area contributed by atoms with Gasteiger partial charge < -0.3 is 5.32 Å². The zero-order valence-electron chi connectivity index (χ0n) is 9.09. The number of hydrogen-bond donors (Lipinski definition) is 1. The minimum atomic E-state index is -0.228. The Kier molecular flexibility index (Phi) is 3.34. The SMILES string of the molecule is Cc1cnnn1CC(=O)Nc1cccc(Cl)n1. The fourth-order valence-electron chi connectivity index (χ4n) is 1.26. The number of carbonyl (C=O) groups excluding carboxylic acids is 1. The summed E-state index contributed by atoms with van der Waals surface area (Å²) in [7, 11) is 0. The molecule has 2 heterocycles. The largest absolute Gasteiger partial charge is 0.309 e. The molecule has 2 aromatic heterocycles. The summed E-state index contributed by atoms with van der Waals surface area (Å²) in [4.78, 5) is 15.6. The van der Waals surface area contributed by atoms with Crippen molar-refractivity contribution in [2.24, 2.45) is 0 Å². The molecule has 1 N–H and O–H groups in total. The van der Waals surface area contributed by atoms with Gasteiger partial charge in [0, 0.05) is 0 Å². The normalized spacial score (nSPS) is 10.2. The van der Waals surface area contributed by atoms with Crippen molar-refractivity contribution in [3.8, 4) is 0 Å². The fraction of sp³-hybridized carbons (Fsp3) is 0.200. The second-order valence-electron chi connectivity index (χ2n) is 3.43. The predicted molar refractivity (Wildman–Crippen MR) is 62.6 cm³/mol. The first-order chi connectivity index (χ1) is 8.15. The first-order valence-corrected chi connectivity index (χ1v) is 5.30. The zero-order valence-corrected chi connectivity index (χ0v) is 9.85. The summed E-state index contributed by atoms with van der Waals surface area (Å²) < 4.78 is 1.50. The average molecular weight is 252 g/mol. The molecular formula is C10H10ClN5O. The van der Waals surface area contributed by atoms with Gasteiger partial charge in [-0.25, -0.2) is 9.67 Å². The van der Waals surface area contributed by atoms with Crippen LogP contribution in [0.3, 0.4) is 0 Å². The van der Waals surface area contributed by atoms with Gasteiger partial charge in [-0.2, -0.15) is 0 Å². The molecule has 1 amide bonds. The lowest BCUT2D eigenvalue weighted by atomic mass is 10.4. The molecule has 7 heteroatoms. The van der Waals surface area contributed by atoms with E-state index in [9.17, 15) is 4.79 Å². The van der Waals surface area contributed by atoms with Gasteiger partial charge in [-0.15, -0.1) is 5.10 Å². The Bertz CT molecular complexity index is 539. The van der Waals surface area contributed by atoms with Crippen LogP contribution in [-0.2, 0) is 11.3 Å². The lowest BCUT2D eigenvalue weighted by molar-refractivity contribution is -0.117. The van der Waals surface area contributed by atoms with Gasteiger partial charge in [0.1, 0.15) is 17.5 Å². The Morgan fingerprint density at radius 3 is 3.00 bits per heavy atom. The minimum absolute atomic E-state index is 0.0972. The number of nitrogens with zero attached hydrogens (tertiary/aromatic N) is 4. The summed E-state index contributed by atoms with van der Waals surface area (Å²) >= 11 is 5.71. The second kappa shape index (κ2) is 4.92. The van der Waals surface area contributed by atoms with Crippen molar-refractivity contribution in [2.75, 3.05) is 5.32 Å². The Balaban J connectivity index is 2.01. The summed E-state index contributed by atoms with van der Waals surface area (Å²) in [5.41, 5.74) is 0.819. The van der Waals surface area contributed by atoms with Crippen molar-refractivity contribution in [1.29, 1.82) is 0 Å². The molecule has 0 unspecified atom stereocenters. The van der Waals surface area contributed by atoms with Crippen LogP contribution in [0, 0.1) is 6.92 Å². The smallest absolute Gasteiger partial charge is 0.247 e. The van der Waals surface area contributed by atoms with E-state index in [4.69, 9.17) is 11.6 Å². The quantitative estimate of drug-likeness (QED) is 0.834. The molecule has 0 aliphatic rings. The highest BCUT2D eigenvalue weighted by molar-refractivity contribution is 6.29. The van der Waals surface area contributed by atoms with E-state index in [0.29, 0.717) is 11.0 Å². The molecular weight excluding hydrogens is 242 g/mol. The molecule has 0 aliphatic heterocycles. The van der Waals surface area contributed by atoms with E-state index in [1.54, 1.807) is 24.4 Å². The maximum absolute atomic E-state index is 11.7. The molecule has 88 valence electrons. The van der Waals surface area contributed by atoms with Gasteiger partial charge in [0.15, 0.2) is 0 Å². The number of carbonyl (C=O) groups is 1. The van der Waals surface area contributed by atoms with Crippen molar-refractivity contribution in [3.63, 3.8) is 0 Å². The van der Waals surface area contributed by atoms with Crippen LogP contribution in [0.25, 0.3) is 0 Å². The van der Waals surface area contributed by atoms with Gasteiger partial charge in [0.25, 0.3) is 0 Å². The first-order valence-electron chi connectivity index (χ1n) is 4.92. The van der Waals surface area contributed by atoms with E-state index in [1.165, 1.54) is 4.68 Å². The van der Waals surface area contributed by atoms with E-state index in [2.05, 4.69) is 20.6 Å². The Morgan fingerprint density at radius 1 is 1.53 bits per heavy atom. The number of aromatic nitrogens is 4. The number of halogens is 1. The lowest BCUT2D eigenvalue weighted by Gasteiger charge is -2.05. The molecule has 6 nitrogen and oxygen atoms in total. The molecule has 2 rings (SSSR count). The minimum Gasteiger partial charge on any atom is -0.309 e. The number of nitrogens with one attached hydrogen (secondary N) is 1. The molecule has 0 fully saturated rings. The monoisotopic (exact) mass is 251 g/mol. The van der Waals surface area contributed by atoms with E-state index in [0.717, 1.165) is 5.69 Å². The van der Waals surface area contributed by atoms with E-state index in [-0.39, 0.29) is 12.5 Å². The van der Waals surface area contributed by atoms with Crippen molar-refractivity contribution in [2.45, 2.75) is 13.5 Å². The van der Waals surface area contributed by atoms with Gasteiger partial charge in [0.05, 0.1) is 11.9 Å². The van der Waals surface area contributed by atoms with Crippen LogP contribution < -0.4 is 5.32 Å². The van der Waals surface area contributed by atoms with Crippen LogP contribution >= 0.6 is 11.6 Å². The summed E-state index contributed by atoms with van der Waals surface area (Å²) in [6.45, 7) is 1.92. The summed E-state index contributed by atoms with van der Waals surface area (Å²) in [6, 6.07) is 5.02. The summed E-state index contributed by atoms with van der Waals surface area (Å²) in [6.07, 6.45) is 1.59. The number of amides is 1. The van der Waals surface area contributed by atoms with E-state index in [1.807, 2.05) is 6.92 Å². The van der Waals surface area contributed by atoms with Crippen LogP contribution in [-0.4, -0.2) is 25.9 Å². The highest BCUT2D eigenvalue weighted by Crippen LogP contribution is 2.09. The van der Waals surface area contributed by atoms with Gasteiger partial charge >= 0.3 is 0 Å². The maximum atomic E-state index is 11.7. The number of anilines is 1. The Labute approximate surface area is 103 Å². The average Bonchev–Trinajstić information content (AvgIpc) is 2.64. The van der Waals surface area contributed by atoms with Gasteiger partial charge in [-0.1, -0.05) is 22.9 Å². The molecule has 2 aromatic rings. The van der Waals surface area contributed by atoms with Crippen LogP contribution in [0.2, 0.25) is 5.15 Å². The fourth-order valence-corrected chi connectivity index (χ4v) is 1.43. The first kappa shape index (κ1) is 11.5. The Hall–Kier alpha value is -1.95. The van der Waals surface area contributed by atoms with Crippen LogP contribution in [0.15, 0.2) is 24.4 Å². The molecule has 0 radical (unpaired) electrons. The van der Waals surface area contributed by atoms with Crippen molar-refractivity contribution >= 4 is 23.3 Å². The highest BCUT2D eigenvalue weighted by Gasteiger charge is 2.07. The van der Waals surface area contributed by atoms with E-state index >= 15 is 0 Å². The van der Waals surface area contributed by atoms with E-state index < -0.39 is 0 Å². The van der Waals surface area contributed by atoms with Gasteiger partial charge in [0.2, 0.25) is 5.91 Å². The van der Waals surface area contributed by atoms with Crippen LogP contribution in [0.1, 0.15) is 5.69 Å². The number of rotatable bonds is 3. The predicted octanol–water partition coefficient (Wildman–Crippen LogP) is 1.27. The maximum Gasteiger partial charge on any atom is 0.247 e. The summed E-state index contributed by atoms with van der Waals surface area (Å²) in [5, 5.41) is 10.4. The molecule has 0 saturated carbocycles. The molecule has 0 bridgehead atoms. The molecule has 0 aliphatic carbocycles. The summed E-state index contributed by atoms with van der Waals surface area (Å²) in [5.74, 6) is 0.189. The third-order valence-corrected chi connectivity index (χ3v) is 2.30. The molecule has 0 saturated heterocycles. The van der Waals surface area contributed by atoms with Gasteiger partial charge in [-0.3, -0.25) is 4.79 Å². The molecule has 0 aromatic carbocycles. The zero-order chi connectivity index (χ0) is 12.3. The third kappa shape index (κ3) is 3.01. The highest BCUT2D eigenvalue weighted by atomic mass is 35.5. The van der Waals surface area contributed by atoms with Crippen molar-refractivity contribution in [1.82, 2.24) is 20.0 Å². The standard InChI is InChI=1S/C10H10ClN5O/c1-7-5-12-15-16(7)6-10(17)14-9-4-2-3-8(11)13-9/h2-5H,6H2,1H3,(H,13,14,17). The topological polar surface area (TPSA) is 72.7 Å². The van der Waals surface area contributed by atoms with Crippen molar-refractivity contribution < 1.29 is 4.79 Å². The second-order valence-corrected chi connectivity index (χ2v) is 3.81. The molecule has 17 heavy (non-hydrogen) atoms. The lowest BCUT2D eigenvalue weighted by Crippen LogP contribution is -2.20. The third-order valence-electron chi connectivity index (χ3n) is 2.09. The Morgan fingerprint density at radius 2 is 2.35 bits per heavy atom. The van der Waals surface area contributed by atoms with Gasteiger partial charge in [-0.05, 0) is 19.1 Å². The number of aryl methyl sites for hydroxylation is 1. The van der Waals surface area contributed by atoms with Crippen LogP contribution in [0.5, 0.6) is 0 Å². The van der Waals surface area contributed by atoms with Crippen LogP contribution in [0.4, 0.5) is 5.82 Å². The van der Waals surface area contributed by atoms with Crippen molar-refractivity contribution in [3.05, 3.63) is 35.2 Å². The molecule has 0 spiro atoms. The molecule has 0 atom stereocenters. The number of hydrogen-bond acceptors (Lipinski definition) is 4.